The SMILES string of the molecule is COC(=O)C1CN(C(=O)c2ccccc2)CCN1. The number of esters is 1. The maximum atomic E-state index is 12.2. The van der Waals surface area contributed by atoms with E-state index in [2.05, 4.69) is 10.1 Å². The summed E-state index contributed by atoms with van der Waals surface area (Å²) in [7, 11) is 1.35. The van der Waals surface area contributed by atoms with E-state index in [0.29, 0.717) is 25.2 Å². The smallest absolute Gasteiger partial charge is 0.324 e. The molecule has 96 valence electrons. The second-order valence-corrected chi connectivity index (χ2v) is 4.15. The molecule has 1 N–H and O–H groups in total. The molecule has 5 nitrogen and oxygen atoms in total. The summed E-state index contributed by atoms with van der Waals surface area (Å²) in [5.41, 5.74) is 0.642. The molecule has 2 rings (SSSR count). The first-order chi connectivity index (χ1) is 8.72. The van der Waals surface area contributed by atoms with Crippen LogP contribution in [0.15, 0.2) is 30.3 Å². The van der Waals surface area contributed by atoms with E-state index in [1.165, 1.54) is 7.11 Å². The van der Waals surface area contributed by atoms with Crippen LogP contribution in [0.5, 0.6) is 0 Å². The highest BCUT2D eigenvalue weighted by Gasteiger charge is 2.28. The van der Waals surface area contributed by atoms with Crippen LogP contribution in [0.4, 0.5) is 0 Å². The first-order valence-corrected chi connectivity index (χ1v) is 5.88. The van der Waals surface area contributed by atoms with E-state index in [0.717, 1.165) is 0 Å². The molecule has 1 saturated heterocycles. The van der Waals surface area contributed by atoms with Gasteiger partial charge >= 0.3 is 5.97 Å². The average Bonchev–Trinajstić information content (AvgIpc) is 2.46. The molecule has 0 aromatic heterocycles. The molecule has 1 aromatic carbocycles. The van der Waals surface area contributed by atoms with Crippen molar-refractivity contribution in [2.24, 2.45) is 0 Å². The van der Waals surface area contributed by atoms with Crippen LogP contribution in [0.25, 0.3) is 0 Å². The minimum Gasteiger partial charge on any atom is -0.468 e. The standard InChI is InChI=1S/C13H16N2O3/c1-18-13(17)11-9-15(8-7-14-11)12(16)10-5-3-2-4-6-10/h2-6,11,14H,7-9H2,1H3. The van der Waals surface area contributed by atoms with Crippen molar-refractivity contribution in [1.82, 2.24) is 10.2 Å². The molecular weight excluding hydrogens is 232 g/mol. The van der Waals surface area contributed by atoms with Gasteiger partial charge in [0.25, 0.3) is 5.91 Å². The van der Waals surface area contributed by atoms with Crippen molar-refractivity contribution in [2.75, 3.05) is 26.7 Å². The largest absolute Gasteiger partial charge is 0.468 e. The molecule has 1 amide bonds. The number of carbonyl (C=O) groups excluding carboxylic acids is 2. The number of rotatable bonds is 2. The zero-order valence-corrected chi connectivity index (χ0v) is 10.3. The van der Waals surface area contributed by atoms with Crippen LogP contribution in [-0.2, 0) is 9.53 Å². The number of benzene rings is 1. The Morgan fingerprint density at radius 3 is 2.72 bits per heavy atom. The monoisotopic (exact) mass is 248 g/mol. The van der Waals surface area contributed by atoms with E-state index in [-0.39, 0.29) is 11.9 Å². The van der Waals surface area contributed by atoms with Gasteiger partial charge in [0.05, 0.1) is 7.11 Å². The van der Waals surface area contributed by atoms with Gasteiger partial charge in [-0.2, -0.15) is 0 Å². The summed E-state index contributed by atoms with van der Waals surface area (Å²) in [5.74, 6) is -0.383. The fraction of sp³-hybridized carbons (Fsp3) is 0.385. The Morgan fingerprint density at radius 2 is 2.06 bits per heavy atom. The molecule has 0 spiro atoms. The normalized spacial score (nSPS) is 19.4. The summed E-state index contributed by atoms with van der Waals surface area (Å²) in [6, 6.07) is 8.64. The Kier molecular flexibility index (Phi) is 3.94. The molecule has 1 aliphatic rings. The molecule has 5 heteroatoms. The number of hydrogen-bond donors (Lipinski definition) is 1. The van der Waals surface area contributed by atoms with E-state index < -0.39 is 6.04 Å². The first-order valence-electron chi connectivity index (χ1n) is 5.88. The van der Waals surface area contributed by atoms with Crippen molar-refractivity contribution >= 4 is 11.9 Å². The Hall–Kier alpha value is -1.88. The van der Waals surface area contributed by atoms with Crippen LogP contribution < -0.4 is 5.32 Å². The summed E-state index contributed by atoms with van der Waals surface area (Å²) in [6.07, 6.45) is 0. The van der Waals surface area contributed by atoms with Gasteiger partial charge < -0.3 is 15.0 Å². The quantitative estimate of drug-likeness (QED) is 0.763. The van der Waals surface area contributed by atoms with E-state index in [9.17, 15) is 9.59 Å². The third kappa shape index (κ3) is 2.68. The molecule has 18 heavy (non-hydrogen) atoms. The molecule has 1 fully saturated rings. The molecule has 0 bridgehead atoms. The minimum atomic E-state index is -0.434. The number of methoxy groups -OCH3 is 1. The Balaban J connectivity index is 2.05. The summed E-state index contributed by atoms with van der Waals surface area (Å²) in [4.78, 5) is 25.3. The van der Waals surface area contributed by atoms with Gasteiger partial charge in [-0.05, 0) is 12.1 Å². The molecule has 0 radical (unpaired) electrons. The van der Waals surface area contributed by atoms with Gasteiger partial charge in [-0.25, -0.2) is 0 Å². The number of nitrogens with zero attached hydrogens (tertiary/aromatic N) is 1. The zero-order valence-electron chi connectivity index (χ0n) is 10.3. The fourth-order valence-electron chi connectivity index (χ4n) is 2.00. The molecule has 1 heterocycles. The van der Waals surface area contributed by atoms with Crippen molar-refractivity contribution in [3.05, 3.63) is 35.9 Å². The van der Waals surface area contributed by atoms with Crippen molar-refractivity contribution in [2.45, 2.75) is 6.04 Å². The number of hydrogen-bond acceptors (Lipinski definition) is 4. The Labute approximate surface area is 106 Å². The highest BCUT2D eigenvalue weighted by molar-refractivity contribution is 5.94. The average molecular weight is 248 g/mol. The van der Waals surface area contributed by atoms with Crippen molar-refractivity contribution in [3.8, 4) is 0 Å². The number of amides is 1. The van der Waals surface area contributed by atoms with Crippen LogP contribution in [0.3, 0.4) is 0 Å². The van der Waals surface area contributed by atoms with Crippen LogP contribution in [0.1, 0.15) is 10.4 Å². The van der Waals surface area contributed by atoms with Crippen LogP contribution in [0, 0.1) is 0 Å². The molecule has 1 unspecified atom stereocenters. The molecule has 1 aromatic rings. The van der Waals surface area contributed by atoms with E-state index >= 15 is 0 Å². The predicted octanol–water partition coefficient (Wildman–Crippen LogP) is 0.274. The predicted molar refractivity (Wildman–Crippen MR) is 66.2 cm³/mol. The highest BCUT2D eigenvalue weighted by atomic mass is 16.5. The van der Waals surface area contributed by atoms with Gasteiger partial charge in [-0.3, -0.25) is 9.59 Å². The lowest BCUT2D eigenvalue weighted by Gasteiger charge is -2.32. The molecule has 1 atom stereocenters. The lowest BCUT2D eigenvalue weighted by atomic mass is 10.1. The molecule has 0 saturated carbocycles. The second-order valence-electron chi connectivity index (χ2n) is 4.15. The molecular formula is C13H16N2O3. The van der Waals surface area contributed by atoms with Gasteiger partial charge in [0.1, 0.15) is 6.04 Å². The van der Waals surface area contributed by atoms with E-state index in [1.54, 1.807) is 17.0 Å². The van der Waals surface area contributed by atoms with Gasteiger partial charge in [0.2, 0.25) is 0 Å². The summed E-state index contributed by atoms with van der Waals surface area (Å²) in [5, 5.41) is 3.04. The maximum Gasteiger partial charge on any atom is 0.324 e. The topological polar surface area (TPSA) is 58.6 Å². The van der Waals surface area contributed by atoms with Crippen molar-refractivity contribution < 1.29 is 14.3 Å². The van der Waals surface area contributed by atoms with Gasteiger partial charge in [-0.15, -0.1) is 0 Å². The third-order valence-corrected chi connectivity index (χ3v) is 2.97. The minimum absolute atomic E-state index is 0.0500. The fourth-order valence-corrected chi connectivity index (χ4v) is 2.00. The second kappa shape index (κ2) is 5.64. The lowest BCUT2D eigenvalue weighted by Crippen LogP contribution is -2.56. The maximum absolute atomic E-state index is 12.2. The van der Waals surface area contributed by atoms with Crippen molar-refractivity contribution in [1.29, 1.82) is 0 Å². The molecule has 1 aliphatic heterocycles. The Morgan fingerprint density at radius 1 is 1.33 bits per heavy atom. The van der Waals surface area contributed by atoms with E-state index in [1.807, 2.05) is 18.2 Å². The lowest BCUT2D eigenvalue weighted by molar-refractivity contribution is -0.144. The zero-order chi connectivity index (χ0) is 13.0. The van der Waals surface area contributed by atoms with Crippen LogP contribution >= 0.6 is 0 Å². The van der Waals surface area contributed by atoms with Gasteiger partial charge in [0.15, 0.2) is 0 Å². The Bertz CT molecular complexity index is 433. The van der Waals surface area contributed by atoms with Crippen LogP contribution in [-0.4, -0.2) is 49.6 Å². The van der Waals surface area contributed by atoms with Gasteiger partial charge in [-0.1, -0.05) is 18.2 Å². The summed E-state index contributed by atoms with van der Waals surface area (Å²) < 4.78 is 4.68. The number of carbonyl (C=O) groups is 2. The first kappa shape index (κ1) is 12.6. The van der Waals surface area contributed by atoms with Crippen LogP contribution in [0.2, 0.25) is 0 Å². The molecule has 0 aliphatic carbocycles. The van der Waals surface area contributed by atoms with E-state index in [4.69, 9.17) is 0 Å². The highest BCUT2D eigenvalue weighted by Crippen LogP contribution is 2.08. The number of piperazine rings is 1. The number of nitrogens with one attached hydrogen (secondary N) is 1. The van der Waals surface area contributed by atoms with Gasteiger partial charge in [0, 0.05) is 25.2 Å². The number of ether oxygens (including phenoxy) is 1. The third-order valence-electron chi connectivity index (χ3n) is 2.97. The van der Waals surface area contributed by atoms with Crippen molar-refractivity contribution in [3.63, 3.8) is 0 Å². The summed E-state index contributed by atoms with van der Waals surface area (Å²) >= 11 is 0. The summed E-state index contributed by atoms with van der Waals surface area (Å²) in [6.45, 7) is 1.54.